The summed E-state index contributed by atoms with van der Waals surface area (Å²) in [6.07, 6.45) is 0.959. The van der Waals surface area contributed by atoms with Gasteiger partial charge in [0.2, 0.25) is 5.91 Å². The topological polar surface area (TPSA) is 54.0 Å². The first-order valence-electron chi connectivity index (χ1n) is 10.2. The molecule has 0 saturated carbocycles. The molecule has 1 fully saturated rings. The number of methoxy groups -OCH3 is 1. The molecule has 0 aromatic heterocycles. The van der Waals surface area contributed by atoms with Crippen molar-refractivity contribution in [2.75, 3.05) is 56.7 Å². The van der Waals surface area contributed by atoms with E-state index in [1.807, 2.05) is 12.1 Å². The molecular formula is C23H31N3O3. The zero-order chi connectivity index (χ0) is 20.6. The van der Waals surface area contributed by atoms with Crippen LogP contribution in [0, 0.1) is 6.92 Å². The standard InChI is InChI=1S/C23H31N3O3/c1-18-5-8-21(9-6-18)26-14-12-25(13-15-26)11-4-16-29-22-10-7-20(24-19(2)27)17-23(22)28-3/h5-10,17H,4,11-16H2,1-3H3,(H,24,27). The number of carbonyl (C=O) groups excluding carboxylic acids is 1. The van der Waals surface area contributed by atoms with Crippen LogP contribution in [0.5, 0.6) is 11.5 Å². The Hall–Kier alpha value is -2.73. The number of rotatable bonds is 8. The minimum absolute atomic E-state index is 0.108. The summed E-state index contributed by atoms with van der Waals surface area (Å²) in [6, 6.07) is 14.2. The lowest BCUT2D eigenvalue weighted by Gasteiger charge is -2.36. The molecule has 3 rings (SSSR count). The number of benzene rings is 2. The van der Waals surface area contributed by atoms with Crippen LogP contribution in [0.15, 0.2) is 42.5 Å². The molecule has 156 valence electrons. The highest BCUT2D eigenvalue weighted by Crippen LogP contribution is 2.30. The van der Waals surface area contributed by atoms with Crippen LogP contribution in [0.1, 0.15) is 18.9 Å². The fourth-order valence-electron chi connectivity index (χ4n) is 3.52. The molecule has 1 N–H and O–H groups in total. The van der Waals surface area contributed by atoms with Gasteiger partial charge in [0.15, 0.2) is 11.5 Å². The summed E-state index contributed by atoms with van der Waals surface area (Å²) in [6.45, 7) is 9.52. The van der Waals surface area contributed by atoms with E-state index in [0.29, 0.717) is 23.8 Å². The van der Waals surface area contributed by atoms with Crippen molar-refractivity contribution in [3.8, 4) is 11.5 Å². The Morgan fingerprint density at radius 3 is 2.41 bits per heavy atom. The quantitative estimate of drug-likeness (QED) is 0.691. The van der Waals surface area contributed by atoms with Crippen LogP contribution < -0.4 is 19.7 Å². The lowest BCUT2D eigenvalue weighted by atomic mass is 10.2. The minimum Gasteiger partial charge on any atom is -0.493 e. The third kappa shape index (κ3) is 6.12. The van der Waals surface area contributed by atoms with Gasteiger partial charge < -0.3 is 19.7 Å². The summed E-state index contributed by atoms with van der Waals surface area (Å²) in [5, 5.41) is 2.75. The molecule has 29 heavy (non-hydrogen) atoms. The van der Waals surface area contributed by atoms with Crippen LogP contribution in [0.2, 0.25) is 0 Å². The maximum Gasteiger partial charge on any atom is 0.221 e. The Bertz CT molecular complexity index is 800. The number of aryl methyl sites for hydroxylation is 1. The minimum atomic E-state index is -0.108. The van der Waals surface area contributed by atoms with Crippen LogP contribution in [0.4, 0.5) is 11.4 Å². The van der Waals surface area contributed by atoms with Gasteiger partial charge in [-0.1, -0.05) is 17.7 Å². The van der Waals surface area contributed by atoms with Gasteiger partial charge in [-0.25, -0.2) is 0 Å². The van der Waals surface area contributed by atoms with Crippen LogP contribution in [-0.2, 0) is 4.79 Å². The van der Waals surface area contributed by atoms with Crippen LogP contribution in [-0.4, -0.2) is 57.2 Å². The molecule has 1 saturated heterocycles. The average molecular weight is 398 g/mol. The third-order valence-corrected chi connectivity index (χ3v) is 5.13. The molecule has 1 amide bonds. The first kappa shape index (κ1) is 21.0. The first-order chi connectivity index (χ1) is 14.0. The molecule has 0 aliphatic carbocycles. The summed E-state index contributed by atoms with van der Waals surface area (Å²) in [5.41, 5.74) is 3.32. The molecule has 0 spiro atoms. The van der Waals surface area contributed by atoms with E-state index in [1.54, 1.807) is 13.2 Å². The zero-order valence-electron chi connectivity index (χ0n) is 17.6. The van der Waals surface area contributed by atoms with E-state index in [0.717, 1.165) is 39.1 Å². The fraction of sp³-hybridized carbons (Fsp3) is 0.435. The number of carbonyl (C=O) groups is 1. The second-order valence-electron chi connectivity index (χ2n) is 7.41. The Balaban J connectivity index is 1.40. The molecule has 6 heteroatoms. The van der Waals surface area contributed by atoms with E-state index in [1.165, 1.54) is 18.2 Å². The summed E-state index contributed by atoms with van der Waals surface area (Å²) >= 11 is 0. The molecule has 0 radical (unpaired) electrons. The Morgan fingerprint density at radius 1 is 1.03 bits per heavy atom. The van der Waals surface area contributed by atoms with Crippen molar-refractivity contribution in [2.24, 2.45) is 0 Å². The number of nitrogens with zero attached hydrogens (tertiary/aromatic N) is 2. The van der Waals surface area contributed by atoms with Gasteiger partial charge >= 0.3 is 0 Å². The van der Waals surface area contributed by atoms with E-state index in [2.05, 4.69) is 46.3 Å². The Kier molecular flexibility index (Phi) is 7.36. The molecule has 1 aliphatic heterocycles. The van der Waals surface area contributed by atoms with E-state index in [9.17, 15) is 4.79 Å². The van der Waals surface area contributed by atoms with Crippen LogP contribution in [0.3, 0.4) is 0 Å². The van der Waals surface area contributed by atoms with Crippen molar-refractivity contribution in [1.82, 2.24) is 4.90 Å². The normalized spacial score (nSPS) is 14.5. The van der Waals surface area contributed by atoms with Crippen LogP contribution in [0.25, 0.3) is 0 Å². The molecule has 6 nitrogen and oxygen atoms in total. The predicted octanol–water partition coefficient (Wildman–Crippen LogP) is 3.55. The van der Waals surface area contributed by atoms with Gasteiger partial charge in [0.25, 0.3) is 0 Å². The number of hydrogen-bond donors (Lipinski definition) is 1. The van der Waals surface area contributed by atoms with Crippen molar-refractivity contribution in [3.63, 3.8) is 0 Å². The SMILES string of the molecule is COc1cc(NC(C)=O)ccc1OCCCN1CCN(c2ccc(C)cc2)CC1. The molecule has 0 bridgehead atoms. The highest BCUT2D eigenvalue weighted by Gasteiger charge is 2.17. The maximum absolute atomic E-state index is 11.2. The van der Waals surface area contributed by atoms with E-state index in [4.69, 9.17) is 9.47 Å². The number of anilines is 2. The van der Waals surface area contributed by atoms with Crippen molar-refractivity contribution < 1.29 is 14.3 Å². The average Bonchev–Trinajstić information content (AvgIpc) is 2.72. The van der Waals surface area contributed by atoms with Crippen molar-refractivity contribution in [2.45, 2.75) is 20.3 Å². The van der Waals surface area contributed by atoms with Gasteiger partial charge in [-0.05, 0) is 37.6 Å². The third-order valence-electron chi connectivity index (χ3n) is 5.13. The van der Waals surface area contributed by atoms with E-state index < -0.39 is 0 Å². The number of piperazine rings is 1. The second-order valence-corrected chi connectivity index (χ2v) is 7.41. The van der Waals surface area contributed by atoms with Gasteiger partial charge in [0.05, 0.1) is 13.7 Å². The van der Waals surface area contributed by atoms with E-state index in [-0.39, 0.29) is 5.91 Å². The smallest absolute Gasteiger partial charge is 0.221 e. The predicted molar refractivity (Wildman–Crippen MR) is 117 cm³/mol. The first-order valence-corrected chi connectivity index (χ1v) is 10.2. The molecule has 0 unspecified atom stereocenters. The lowest BCUT2D eigenvalue weighted by molar-refractivity contribution is -0.114. The highest BCUT2D eigenvalue weighted by atomic mass is 16.5. The monoisotopic (exact) mass is 397 g/mol. The van der Waals surface area contributed by atoms with Crippen LogP contribution >= 0.6 is 0 Å². The molecule has 1 heterocycles. The van der Waals surface area contributed by atoms with Crippen molar-refractivity contribution in [1.29, 1.82) is 0 Å². The fourth-order valence-corrected chi connectivity index (χ4v) is 3.52. The van der Waals surface area contributed by atoms with Gasteiger partial charge in [-0.2, -0.15) is 0 Å². The lowest BCUT2D eigenvalue weighted by Crippen LogP contribution is -2.46. The Morgan fingerprint density at radius 2 is 1.76 bits per heavy atom. The van der Waals surface area contributed by atoms with Gasteiger partial charge in [-0.3, -0.25) is 9.69 Å². The summed E-state index contributed by atoms with van der Waals surface area (Å²) in [5.74, 6) is 1.22. The highest BCUT2D eigenvalue weighted by molar-refractivity contribution is 5.89. The van der Waals surface area contributed by atoms with Crippen molar-refractivity contribution in [3.05, 3.63) is 48.0 Å². The number of amides is 1. The van der Waals surface area contributed by atoms with Crippen molar-refractivity contribution >= 4 is 17.3 Å². The van der Waals surface area contributed by atoms with Gasteiger partial charge in [0.1, 0.15) is 0 Å². The maximum atomic E-state index is 11.2. The van der Waals surface area contributed by atoms with Gasteiger partial charge in [-0.15, -0.1) is 0 Å². The van der Waals surface area contributed by atoms with E-state index >= 15 is 0 Å². The van der Waals surface area contributed by atoms with Gasteiger partial charge in [0, 0.05) is 57.1 Å². The second kappa shape index (κ2) is 10.2. The number of hydrogen-bond acceptors (Lipinski definition) is 5. The summed E-state index contributed by atoms with van der Waals surface area (Å²) in [7, 11) is 1.60. The molecule has 0 atom stereocenters. The molecule has 2 aromatic rings. The number of nitrogens with one attached hydrogen (secondary N) is 1. The number of ether oxygens (including phenoxy) is 2. The largest absolute Gasteiger partial charge is 0.493 e. The molecule has 2 aromatic carbocycles. The molecular weight excluding hydrogens is 366 g/mol. The summed E-state index contributed by atoms with van der Waals surface area (Å²) < 4.78 is 11.3. The zero-order valence-corrected chi connectivity index (χ0v) is 17.6. The Labute approximate surface area is 173 Å². The summed E-state index contributed by atoms with van der Waals surface area (Å²) in [4.78, 5) is 16.1. The molecule has 1 aliphatic rings.